The molecule has 5 nitrogen and oxygen atoms in total. The van der Waals surface area contributed by atoms with E-state index >= 15 is 0 Å². The van der Waals surface area contributed by atoms with Crippen molar-refractivity contribution in [2.45, 2.75) is 6.92 Å². The van der Waals surface area contributed by atoms with E-state index in [0.29, 0.717) is 6.54 Å². The predicted molar refractivity (Wildman–Crippen MR) is 75.5 cm³/mol. The van der Waals surface area contributed by atoms with Gasteiger partial charge in [0, 0.05) is 23.9 Å². The topological polar surface area (TPSA) is 62.5 Å². The second kappa shape index (κ2) is 5.14. The molecule has 1 aromatic heterocycles. The number of anilines is 1. The SMILES string of the molecule is Cc1cc(-c2ccccc2NCC2=NCCN2)on1. The third-order valence-corrected chi connectivity index (χ3v) is 3.01. The molecule has 98 valence electrons. The molecule has 0 bridgehead atoms. The molecule has 0 radical (unpaired) electrons. The van der Waals surface area contributed by atoms with E-state index in [1.165, 1.54) is 0 Å². The van der Waals surface area contributed by atoms with E-state index in [1.54, 1.807) is 0 Å². The molecule has 0 saturated carbocycles. The first-order valence-corrected chi connectivity index (χ1v) is 6.37. The van der Waals surface area contributed by atoms with Crippen LogP contribution in [0.3, 0.4) is 0 Å². The molecule has 0 spiro atoms. The Morgan fingerprint density at radius 1 is 1.37 bits per heavy atom. The van der Waals surface area contributed by atoms with E-state index in [4.69, 9.17) is 4.52 Å². The van der Waals surface area contributed by atoms with Crippen LogP contribution in [-0.4, -0.2) is 30.6 Å². The van der Waals surface area contributed by atoms with Gasteiger partial charge in [-0.2, -0.15) is 0 Å². The first kappa shape index (κ1) is 11.8. The highest BCUT2D eigenvalue weighted by Crippen LogP contribution is 2.28. The van der Waals surface area contributed by atoms with Crippen LogP contribution in [0.15, 0.2) is 39.8 Å². The molecule has 1 aliphatic rings. The van der Waals surface area contributed by atoms with Crippen molar-refractivity contribution in [3.05, 3.63) is 36.0 Å². The molecule has 2 N–H and O–H groups in total. The number of nitrogens with one attached hydrogen (secondary N) is 2. The summed E-state index contributed by atoms with van der Waals surface area (Å²) in [6.45, 7) is 4.41. The summed E-state index contributed by atoms with van der Waals surface area (Å²) >= 11 is 0. The van der Waals surface area contributed by atoms with Crippen molar-refractivity contribution in [3.63, 3.8) is 0 Å². The lowest BCUT2D eigenvalue weighted by molar-refractivity contribution is 0.427. The molecule has 1 aliphatic heterocycles. The summed E-state index contributed by atoms with van der Waals surface area (Å²) in [5.74, 6) is 1.78. The smallest absolute Gasteiger partial charge is 0.169 e. The number of rotatable bonds is 4. The summed E-state index contributed by atoms with van der Waals surface area (Å²) in [7, 11) is 0. The van der Waals surface area contributed by atoms with E-state index in [0.717, 1.165) is 41.6 Å². The second-order valence-electron chi connectivity index (χ2n) is 4.49. The lowest BCUT2D eigenvalue weighted by Gasteiger charge is -2.10. The highest BCUT2D eigenvalue weighted by molar-refractivity contribution is 5.88. The zero-order valence-corrected chi connectivity index (χ0v) is 10.8. The van der Waals surface area contributed by atoms with Crippen molar-refractivity contribution in [3.8, 4) is 11.3 Å². The quantitative estimate of drug-likeness (QED) is 0.879. The van der Waals surface area contributed by atoms with Crippen LogP contribution in [-0.2, 0) is 0 Å². The monoisotopic (exact) mass is 256 g/mol. The number of hydrogen-bond acceptors (Lipinski definition) is 5. The van der Waals surface area contributed by atoms with Gasteiger partial charge in [-0.25, -0.2) is 0 Å². The van der Waals surface area contributed by atoms with Gasteiger partial charge in [0.1, 0.15) is 5.84 Å². The minimum absolute atomic E-state index is 0.699. The normalized spacial score (nSPS) is 14.1. The Morgan fingerprint density at radius 2 is 2.26 bits per heavy atom. The van der Waals surface area contributed by atoms with Crippen molar-refractivity contribution in [1.29, 1.82) is 0 Å². The third kappa shape index (κ3) is 2.59. The van der Waals surface area contributed by atoms with Crippen molar-refractivity contribution in [2.24, 2.45) is 4.99 Å². The number of amidine groups is 1. The first-order valence-electron chi connectivity index (χ1n) is 6.37. The molecule has 5 heteroatoms. The van der Waals surface area contributed by atoms with E-state index in [-0.39, 0.29) is 0 Å². The molecular weight excluding hydrogens is 240 g/mol. The van der Waals surface area contributed by atoms with Crippen molar-refractivity contribution in [2.75, 3.05) is 25.0 Å². The van der Waals surface area contributed by atoms with Gasteiger partial charge in [0.2, 0.25) is 0 Å². The highest BCUT2D eigenvalue weighted by Gasteiger charge is 2.10. The van der Waals surface area contributed by atoms with Gasteiger partial charge in [-0.05, 0) is 19.1 Å². The second-order valence-corrected chi connectivity index (χ2v) is 4.49. The van der Waals surface area contributed by atoms with Gasteiger partial charge >= 0.3 is 0 Å². The summed E-state index contributed by atoms with van der Waals surface area (Å²) in [6, 6.07) is 9.98. The maximum Gasteiger partial charge on any atom is 0.169 e. The minimum atomic E-state index is 0.699. The van der Waals surface area contributed by atoms with Crippen LogP contribution in [0.25, 0.3) is 11.3 Å². The number of hydrogen-bond donors (Lipinski definition) is 2. The van der Waals surface area contributed by atoms with Crippen LogP contribution in [0.4, 0.5) is 5.69 Å². The highest BCUT2D eigenvalue weighted by atomic mass is 16.5. The zero-order chi connectivity index (χ0) is 13.1. The number of para-hydroxylation sites is 1. The van der Waals surface area contributed by atoms with Crippen LogP contribution in [0.5, 0.6) is 0 Å². The van der Waals surface area contributed by atoms with Gasteiger partial charge in [0.15, 0.2) is 5.76 Å². The fourth-order valence-electron chi connectivity index (χ4n) is 2.09. The minimum Gasteiger partial charge on any atom is -0.377 e. The van der Waals surface area contributed by atoms with Gasteiger partial charge < -0.3 is 15.2 Å². The van der Waals surface area contributed by atoms with Crippen LogP contribution >= 0.6 is 0 Å². The largest absolute Gasteiger partial charge is 0.377 e. The predicted octanol–water partition coefficient (Wildman–Crippen LogP) is 2.06. The Balaban J connectivity index is 1.81. The van der Waals surface area contributed by atoms with Crippen LogP contribution < -0.4 is 10.6 Å². The van der Waals surface area contributed by atoms with Crippen LogP contribution in [0.2, 0.25) is 0 Å². The molecule has 19 heavy (non-hydrogen) atoms. The maximum absolute atomic E-state index is 5.33. The van der Waals surface area contributed by atoms with Gasteiger partial charge in [0.25, 0.3) is 0 Å². The average molecular weight is 256 g/mol. The molecule has 0 unspecified atom stereocenters. The number of aromatic nitrogens is 1. The first-order chi connectivity index (χ1) is 9.33. The fourth-order valence-corrected chi connectivity index (χ4v) is 2.09. The summed E-state index contributed by atoms with van der Waals surface area (Å²) in [6.07, 6.45) is 0. The summed E-state index contributed by atoms with van der Waals surface area (Å²) in [5, 5.41) is 10.6. The molecule has 0 amide bonds. The van der Waals surface area contributed by atoms with Crippen LogP contribution in [0.1, 0.15) is 5.69 Å². The Kier molecular flexibility index (Phi) is 3.18. The van der Waals surface area contributed by atoms with Gasteiger partial charge in [-0.15, -0.1) is 0 Å². The fraction of sp³-hybridized carbons (Fsp3) is 0.286. The van der Waals surface area contributed by atoms with Gasteiger partial charge in [-0.1, -0.05) is 17.3 Å². The van der Waals surface area contributed by atoms with E-state index in [9.17, 15) is 0 Å². The Bertz CT molecular complexity index is 603. The number of aliphatic imine (C=N–C) groups is 1. The molecular formula is C14H16N4O. The standard InChI is InChI=1S/C14H16N4O/c1-10-8-13(19-18-10)11-4-2-3-5-12(11)17-9-14-15-6-7-16-14/h2-5,8,17H,6-7,9H2,1H3,(H,15,16). The maximum atomic E-state index is 5.33. The number of benzene rings is 1. The Hall–Kier alpha value is -2.30. The van der Waals surface area contributed by atoms with Crippen molar-refractivity contribution < 1.29 is 4.52 Å². The Labute approximate surface area is 111 Å². The number of aryl methyl sites for hydroxylation is 1. The van der Waals surface area contributed by atoms with Crippen LogP contribution in [0, 0.1) is 6.92 Å². The summed E-state index contributed by atoms with van der Waals surface area (Å²) < 4.78 is 5.33. The molecule has 0 saturated heterocycles. The lowest BCUT2D eigenvalue weighted by atomic mass is 10.1. The molecule has 3 rings (SSSR count). The van der Waals surface area contributed by atoms with Gasteiger partial charge in [0.05, 0.1) is 18.8 Å². The van der Waals surface area contributed by atoms with E-state index in [1.807, 2.05) is 37.3 Å². The van der Waals surface area contributed by atoms with Crippen molar-refractivity contribution >= 4 is 11.5 Å². The van der Waals surface area contributed by atoms with E-state index in [2.05, 4.69) is 20.8 Å². The lowest BCUT2D eigenvalue weighted by Crippen LogP contribution is -2.26. The summed E-state index contributed by atoms with van der Waals surface area (Å²) in [5.41, 5.74) is 2.92. The molecule has 1 aromatic carbocycles. The average Bonchev–Trinajstić information content (AvgIpc) is 3.08. The molecule has 2 heterocycles. The summed E-state index contributed by atoms with van der Waals surface area (Å²) in [4.78, 5) is 4.36. The zero-order valence-electron chi connectivity index (χ0n) is 10.8. The molecule has 0 atom stereocenters. The molecule has 0 fully saturated rings. The molecule has 0 aliphatic carbocycles. The van der Waals surface area contributed by atoms with Gasteiger partial charge in [-0.3, -0.25) is 4.99 Å². The molecule has 2 aromatic rings. The third-order valence-electron chi connectivity index (χ3n) is 3.01. The van der Waals surface area contributed by atoms with E-state index < -0.39 is 0 Å². The number of nitrogens with zero attached hydrogens (tertiary/aromatic N) is 2. The van der Waals surface area contributed by atoms with Crippen molar-refractivity contribution in [1.82, 2.24) is 10.5 Å². The Morgan fingerprint density at radius 3 is 3.00 bits per heavy atom.